The van der Waals surface area contributed by atoms with E-state index in [9.17, 15) is 0 Å². The van der Waals surface area contributed by atoms with Crippen LogP contribution in [0.2, 0.25) is 0 Å². The molecule has 2 aromatic rings. The van der Waals surface area contributed by atoms with Gasteiger partial charge in [0.25, 0.3) is 0 Å². The summed E-state index contributed by atoms with van der Waals surface area (Å²) in [4.78, 5) is 3.69. The van der Waals surface area contributed by atoms with Crippen LogP contribution in [-0.2, 0) is 0 Å². The van der Waals surface area contributed by atoms with E-state index < -0.39 is 0 Å². The molecule has 2 nitrogen and oxygen atoms in total. The van der Waals surface area contributed by atoms with Crippen molar-refractivity contribution in [3.05, 3.63) is 34.5 Å². The Morgan fingerprint density at radius 1 is 1.17 bits per heavy atom. The Bertz CT molecular complexity index is 574. The lowest BCUT2D eigenvalue weighted by atomic mass is 9.93. The van der Waals surface area contributed by atoms with Crippen LogP contribution < -0.4 is 5.32 Å². The Labute approximate surface area is 109 Å². The average molecular weight is 242 g/mol. The Balaban J connectivity index is 2.13. The summed E-state index contributed by atoms with van der Waals surface area (Å²) in [6, 6.07) is 4.58. The van der Waals surface area contributed by atoms with E-state index in [2.05, 4.69) is 43.2 Å². The van der Waals surface area contributed by atoms with Crippen molar-refractivity contribution in [2.45, 2.75) is 39.5 Å². The lowest BCUT2D eigenvalue weighted by molar-refractivity contribution is 0.455. The van der Waals surface area contributed by atoms with Crippen molar-refractivity contribution < 1.29 is 0 Å². The van der Waals surface area contributed by atoms with Crippen molar-refractivity contribution >= 4 is 10.9 Å². The van der Waals surface area contributed by atoms with E-state index in [1.54, 1.807) is 0 Å². The predicted molar refractivity (Wildman–Crippen MR) is 77.4 cm³/mol. The fourth-order valence-electron chi connectivity index (χ4n) is 3.31. The molecule has 1 aromatic carbocycles. The number of benzene rings is 1. The van der Waals surface area contributed by atoms with Gasteiger partial charge in [0.15, 0.2) is 0 Å². The van der Waals surface area contributed by atoms with Crippen LogP contribution in [0.4, 0.5) is 0 Å². The minimum absolute atomic E-state index is 0.658. The second-order valence-electron chi connectivity index (χ2n) is 5.71. The Morgan fingerprint density at radius 3 is 2.72 bits per heavy atom. The molecular formula is C16H22N2. The predicted octanol–water partition coefficient (Wildman–Crippen LogP) is 3.56. The number of nitrogens with one attached hydrogen (secondary N) is 2. The van der Waals surface area contributed by atoms with E-state index in [1.165, 1.54) is 52.7 Å². The van der Waals surface area contributed by atoms with Crippen LogP contribution in [0, 0.1) is 20.8 Å². The van der Waals surface area contributed by atoms with Crippen LogP contribution in [0.5, 0.6) is 0 Å². The zero-order chi connectivity index (χ0) is 12.7. The molecule has 96 valence electrons. The smallest absolute Gasteiger partial charge is 0.0488 e. The van der Waals surface area contributed by atoms with Gasteiger partial charge in [-0.25, -0.2) is 0 Å². The van der Waals surface area contributed by atoms with Gasteiger partial charge in [0.2, 0.25) is 0 Å². The molecule has 0 radical (unpaired) electrons. The van der Waals surface area contributed by atoms with Gasteiger partial charge in [0, 0.05) is 29.1 Å². The van der Waals surface area contributed by atoms with Gasteiger partial charge in [-0.2, -0.15) is 0 Å². The van der Waals surface area contributed by atoms with Crippen molar-refractivity contribution in [3.63, 3.8) is 0 Å². The lowest BCUT2D eigenvalue weighted by Crippen LogP contribution is -2.28. The minimum Gasteiger partial charge on any atom is -0.358 e. The highest BCUT2D eigenvalue weighted by molar-refractivity contribution is 5.88. The number of aromatic amines is 1. The number of rotatable bonds is 1. The van der Waals surface area contributed by atoms with E-state index in [-0.39, 0.29) is 0 Å². The molecule has 1 saturated heterocycles. The summed E-state index contributed by atoms with van der Waals surface area (Å²) in [5.74, 6) is 0.658. The van der Waals surface area contributed by atoms with Crippen LogP contribution in [0.3, 0.4) is 0 Å². The first-order valence-corrected chi connectivity index (χ1v) is 6.97. The van der Waals surface area contributed by atoms with Gasteiger partial charge in [-0.05, 0) is 57.4 Å². The summed E-state index contributed by atoms with van der Waals surface area (Å²) >= 11 is 0. The minimum atomic E-state index is 0.658. The first kappa shape index (κ1) is 11.8. The summed E-state index contributed by atoms with van der Waals surface area (Å²) in [5.41, 5.74) is 6.95. The molecule has 1 aliphatic rings. The third kappa shape index (κ3) is 1.85. The highest BCUT2D eigenvalue weighted by Crippen LogP contribution is 2.32. The second kappa shape index (κ2) is 4.43. The quantitative estimate of drug-likeness (QED) is 0.786. The average Bonchev–Trinajstić information content (AvgIpc) is 2.69. The maximum atomic E-state index is 3.69. The van der Waals surface area contributed by atoms with Gasteiger partial charge >= 0.3 is 0 Å². The Morgan fingerprint density at radius 2 is 2.00 bits per heavy atom. The Hall–Kier alpha value is -1.28. The number of hydrogen-bond acceptors (Lipinski definition) is 1. The van der Waals surface area contributed by atoms with Crippen LogP contribution in [0.15, 0.2) is 12.1 Å². The number of hydrogen-bond donors (Lipinski definition) is 2. The molecule has 18 heavy (non-hydrogen) atoms. The number of H-pyrrole nitrogens is 1. The standard InChI is InChI=1S/C16H22N2/c1-10-7-11(2)15-14(8-10)12(3)16(18-15)13-5-4-6-17-9-13/h7-8,13,17-18H,4-6,9H2,1-3H3. The zero-order valence-corrected chi connectivity index (χ0v) is 11.6. The number of piperidine rings is 1. The number of fused-ring (bicyclic) bond motifs is 1. The molecular weight excluding hydrogens is 220 g/mol. The van der Waals surface area contributed by atoms with Crippen LogP contribution >= 0.6 is 0 Å². The van der Waals surface area contributed by atoms with Crippen LogP contribution in [-0.4, -0.2) is 18.1 Å². The van der Waals surface area contributed by atoms with Crippen LogP contribution in [0.25, 0.3) is 10.9 Å². The molecule has 1 unspecified atom stereocenters. The summed E-state index contributed by atoms with van der Waals surface area (Å²) in [6.07, 6.45) is 2.59. The second-order valence-corrected chi connectivity index (χ2v) is 5.71. The van der Waals surface area contributed by atoms with Crippen molar-refractivity contribution in [1.82, 2.24) is 10.3 Å². The Kier molecular flexibility index (Phi) is 2.90. The molecule has 1 aliphatic heterocycles. The summed E-state index contributed by atoms with van der Waals surface area (Å²) in [7, 11) is 0. The van der Waals surface area contributed by atoms with Gasteiger partial charge in [-0.3, -0.25) is 0 Å². The van der Waals surface area contributed by atoms with Crippen molar-refractivity contribution in [3.8, 4) is 0 Å². The molecule has 1 aromatic heterocycles. The third-order valence-corrected chi connectivity index (χ3v) is 4.25. The van der Waals surface area contributed by atoms with E-state index in [4.69, 9.17) is 0 Å². The monoisotopic (exact) mass is 242 g/mol. The van der Waals surface area contributed by atoms with E-state index in [1.807, 2.05) is 0 Å². The molecule has 0 aliphatic carbocycles. The summed E-state index contributed by atoms with van der Waals surface area (Å²) in [5, 5.41) is 4.92. The molecule has 1 atom stereocenters. The van der Waals surface area contributed by atoms with Gasteiger partial charge < -0.3 is 10.3 Å². The van der Waals surface area contributed by atoms with Gasteiger partial charge in [0.05, 0.1) is 0 Å². The first-order valence-electron chi connectivity index (χ1n) is 6.97. The molecule has 3 rings (SSSR count). The molecule has 2 heteroatoms. The fourth-order valence-corrected chi connectivity index (χ4v) is 3.31. The zero-order valence-electron chi connectivity index (χ0n) is 11.6. The molecule has 0 amide bonds. The first-order chi connectivity index (χ1) is 8.66. The third-order valence-electron chi connectivity index (χ3n) is 4.25. The molecule has 2 heterocycles. The maximum absolute atomic E-state index is 3.69. The molecule has 0 bridgehead atoms. The largest absolute Gasteiger partial charge is 0.358 e. The van der Waals surface area contributed by atoms with E-state index in [0.29, 0.717) is 5.92 Å². The molecule has 0 saturated carbocycles. The molecule has 1 fully saturated rings. The normalized spacial score (nSPS) is 20.5. The van der Waals surface area contributed by atoms with E-state index in [0.717, 1.165) is 6.54 Å². The van der Waals surface area contributed by atoms with Gasteiger partial charge in [-0.15, -0.1) is 0 Å². The highest BCUT2D eigenvalue weighted by atomic mass is 14.9. The van der Waals surface area contributed by atoms with Gasteiger partial charge in [0.1, 0.15) is 0 Å². The van der Waals surface area contributed by atoms with E-state index >= 15 is 0 Å². The van der Waals surface area contributed by atoms with Crippen molar-refractivity contribution in [2.75, 3.05) is 13.1 Å². The highest BCUT2D eigenvalue weighted by Gasteiger charge is 2.20. The maximum Gasteiger partial charge on any atom is 0.0488 e. The summed E-state index contributed by atoms with van der Waals surface area (Å²) in [6.45, 7) is 8.94. The number of aromatic nitrogens is 1. The number of aryl methyl sites for hydroxylation is 3. The lowest BCUT2D eigenvalue weighted by Gasteiger charge is -2.22. The van der Waals surface area contributed by atoms with Gasteiger partial charge in [-0.1, -0.05) is 11.6 Å². The molecule has 0 spiro atoms. The fraction of sp³-hybridized carbons (Fsp3) is 0.500. The topological polar surface area (TPSA) is 27.8 Å². The van der Waals surface area contributed by atoms with Crippen LogP contribution in [0.1, 0.15) is 41.1 Å². The van der Waals surface area contributed by atoms with Crippen molar-refractivity contribution in [2.24, 2.45) is 0 Å². The SMILES string of the molecule is Cc1cc(C)c2[nH]c(C3CCCNC3)c(C)c2c1. The summed E-state index contributed by atoms with van der Waals surface area (Å²) < 4.78 is 0. The van der Waals surface area contributed by atoms with Crippen molar-refractivity contribution in [1.29, 1.82) is 0 Å². The molecule has 2 N–H and O–H groups in total.